The van der Waals surface area contributed by atoms with Crippen molar-refractivity contribution in [2.45, 2.75) is 30.0 Å². The molecule has 0 saturated carbocycles. The zero-order valence-electron chi connectivity index (χ0n) is 18.0. The van der Waals surface area contributed by atoms with Crippen molar-refractivity contribution in [1.82, 2.24) is 4.90 Å². The summed E-state index contributed by atoms with van der Waals surface area (Å²) in [6, 6.07) is 12.6. The molecular weight excluding hydrogens is 446 g/mol. The summed E-state index contributed by atoms with van der Waals surface area (Å²) in [7, 11) is -0.188. The molecule has 0 bridgehead atoms. The Morgan fingerprint density at radius 1 is 1.06 bits per heavy atom. The van der Waals surface area contributed by atoms with E-state index in [1.54, 1.807) is 32.4 Å². The number of ether oxygens (including phenoxy) is 2. The minimum atomic E-state index is -3.40. The fraction of sp³-hybridized carbons (Fsp3) is 0.292. The molecule has 1 unspecified atom stereocenters. The largest absolute Gasteiger partial charge is 0.493 e. The number of benzene rings is 2. The quantitative estimate of drug-likeness (QED) is 0.566. The number of carbonyl (C=O) groups excluding carboxylic acids is 1. The number of amides is 1. The van der Waals surface area contributed by atoms with Crippen LogP contribution in [0, 0.1) is 0 Å². The fourth-order valence-electron chi connectivity index (χ4n) is 4.64. The van der Waals surface area contributed by atoms with Crippen molar-refractivity contribution in [2.75, 3.05) is 20.8 Å². The van der Waals surface area contributed by atoms with Gasteiger partial charge < -0.3 is 14.4 Å². The van der Waals surface area contributed by atoms with E-state index in [1.165, 1.54) is 11.3 Å². The van der Waals surface area contributed by atoms with Crippen LogP contribution in [0.1, 0.15) is 39.3 Å². The number of hydrogen-bond donors (Lipinski definition) is 0. The van der Waals surface area contributed by atoms with Crippen LogP contribution in [-0.4, -0.2) is 40.0 Å². The van der Waals surface area contributed by atoms with E-state index in [2.05, 4.69) is 0 Å². The van der Waals surface area contributed by atoms with Crippen LogP contribution >= 0.6 is 11.3 Å². The second-order valence-corrected chi connectivity index (χ2v) is 11.1. The molecule has 32 heavy (non-hydrogen) atoms. The van der Waals surface area contributed by atoms with E-state index in [0.29, 0.717) is 45.4 Å². The molecule has 1 atom stereocenters. The molecule has 0 N–H and O–H groups in total. The highest BCUT2D eigenvalue weighted by molar-refractivity contribution is 7.91. The summed E-state index contributed by atoms with van der Waals surface area (Å²) in [4.78, 5) is 17.2. The van der Waals surface area contributed by atoms with Crippen molar-refractivity contribution in [3.8, 4) is 21.9 Å². The number of methoxy groups -OCH3 is 2. The first-order chi connectivity index (χ1) is 15.3. The highest BCUT2D eigenvalue weighted by Gasteiger charge is 2.34. The van der Waals surface area contributed by atoms with E-state index in [4.69, 9.17) is 9.47 Å². The van der Waals surface area contributed by atoms with Gasteiger partial charge in [0.2, 0.25) is 0 Å². The number of hydrogen-bond acceptors (Lipinski definition) is 6. The lowest BCUT2D eigenvalue weighted by molar-refractivity contribution is 0.0682. The molecule has 0 spiro atoms. The smallest absolute Gasteiger partial charge is 0.264 e. The first kappa shape index (κ1) is 21.0. The highest BCUT2D eigenvalue weighted by atomic mass is 32.2. The van der Waals surface area contributed by atoms with E-state index in [1.807, 2.05) is 36.1 Å². The summed E-state index contributed by atoms with van der Waals surface area (Å²) in [6.45, 7) is 2.59. The summed E-state index contributed by atoms with van der Waals surface area (Å²) < 4.78 is 36.3. The van der Waals surface area contributed by atoms with Crippen LogP contribution in [0.3, 0.4) is 0 Å². The van der Waals surface area contributed by atoms with E-state index in [0.717, 1.165) is 16.0 Å². The average Bonchev–Trinajstić information content (AvgIpc) is 3.21. The van der Waals surface area contributed by atoms with Crippen molar-refractivity contribution in [2.24, 2.45) is 0 Å². The van der Waals surface area contributed by atoms with Crippen molar-refractivity contribution >= 4 is 27.1 Å². The Morgan fingerprint density at radius 2 is 1.78 bits per heavy atom. The Balaban J connectivity index is 1.50. The van der Waals surface area contributed by atoms with E-state index in [9.17, 15) is 13.2 Å². The Morgan fingerprint density at radius 3 is 2.53 bits per heavy atom. The van der Waals surface area contributed by atoms with Gasteiger partial charge in [0.05, 0.1) is 35.8 Å². The molecule has 166 valence electrons. The van der Waals surface area contributed by atoms with Crippen molar-refractivity contribution < 1.29 is 22.7 Å². The first-order valence-electron chi connectivity index (χ1n) is 10.3. The molecule has 2 aliphatic rings. The summed E-state index contributed by atoms with van der Waals surface area (Å²) in [5.41, 5.74) is 3.57. The number of fused-ring (bicyclic) bond motifs is 4. The summed E-state index contributed by atoms with van der Waals surface area (Å²) in [5.74, 6) is 1.18. The van der Waals surface area contributed by atoms with Gasteiger partial charge in [-0.05, 0) is 54.3 Å². The topological polar surface area (TPSA) is 72.9 Å². The molecule has 5 rings (SSSR count). The van der Waals surface area contributed by atoms with Crippen molar-refractivity contribution in [1.29, 1.82) is 0 Å². The fourth-order valence-corrected chi connectivity index (χ4v) is 7.56. The van der Waals surface area contributed by atoms with Gasteiger partial charge >= 0.3 is 0 Å². The van der Waals surface area contributed by atoms with Crippen LogP contribution < -0.4 is 9.47 Å². The third kappa shape index (κ3) is 3.20. The Labute approximate surface area is 191 Å². The molecule has 1 amide bonds. The second-order valence-electron chi connectivity index (χ2n) is 8.05. The van der Waals surface area contributed by atoms with Crippen LogP contribution in [0.25, 0.3) is 10.4 Å². The second kappa shape index (κ2) is 7.64. The lowest BCUT2D eigenvalue weighted by Crippen LogP contribution is -2.38. The maximum atomic E-state index is 13.5. The van der Waals surface area contributed by atoms with Crippen LogP contribution in [0.5, 0.6) is 11.5 Å². The van der Waals surface area contributed by atoms with Crippen LogP contribution in [0.15, 0.2) is 47.4 Å². The Kier molecular flexibility index (Phi) is 5.02. The standard InChI is InChI=1S/C24H23NO5S2/c1-14-18-12-20(30-3)19(29-2)10-15(18)8-9-25(14)24(26)21-11-16-13-32(27,28)22-7-5-4-6-17(22)23(16)31-21/h4-7,10-12,14H,8-9,13H2,1-3H3. The molecule has 0 fully saturated rings. The molecule has 3 aromatic rings. The lowest BCUT2D eigenvalue weighted by Gasteiger charge is -2.35. The molecule has 0 radical (unpaired) electrons. The maximum Gasteiger partial charge on any atom is 0.264 e. The van der Waals surface area contributed by atoms with Crippen LogP contribution in [-0.2, 0) is 22.0 Å². The van der Waals surface area contributed by atoms with E-state index < -0.39 is 9.84 Å². The van der Waals surface area contributed by atoms with Gasteiger partial charge in [0.15, 0.2) is 21.3 Å². The molecule has 6 nitrogen and oxygen atoms in total. The van der Waals surface area contributed by atoms with Crippen LogP contribution in [0.4, 0.5) is 0 Å². The zero-order valence-corrected chi connectivity index (χ0v) is 19.7. The zero-order chi connectivity index (χ0) is 22.6. The van der Waals surface area contributed by atoms with Gasteiger partial charge in [0.1, 0.15) is 0 Å². The molecule has 1 aromatic heterocycles. The van der Waals surface area contributed by atoms with Gasteiger partial charge in [-0.2, -0.15) is 0 Å². The van der Waals surface area contributed by atoms with Crippen molar-refractivity contribution in [3.05, 3.63) is 64.0 Å². The normalized spacial score (nSPS) is 18.3. The molecule has 2 aliphatic heterocycles. The predicted octanol–water partition coefficient (Wildman–Crippen LogP) is 4.48. The summed E-state index contributed by atoms with van der Waals surface area (Å²) in [6.07, 6.45) is 0.716. The van der Waals surface area contributed by atoms with E-state index in [-0.39, 0.29) is 17.7 Å². The number of rotatable bonds is 3. The van der Waals surface area contributed by atoms with Gasteiger partial charge in [0.25, 0.3) is 5.91 Å². The minimum absolute atomic E-state index is 0.0709. The summed E-state index contributed by atoms with van der Waals surface area (Å²) >= 11 is 1.38. The van der Waals surface area contributed by atoms with Gasteiger partial charge in [-0.1, -0.05) is 18.2 Å². The number of carbonyl (C=O) groups is 1. The third-order valence-corrected chi connectivity index (χ3v) is 9.19. The SMILES string of the molecule is COc1cc2c(cc1OC)C(C)N(C(=O)c1cc3c(s1)-c1ccccc1S(=O)(=O)C3)CC2. The predicted molar refractivity (Wildman–Crippen MR) is 123 cm³/mol. The van der Waals surface area contributed by atoms with Gasteiger partial charge in [-0.3, -0.25) is 4.79 Å². The first-order valence-corrected chi connectivity index (χ1v) is 12.8. The number of thiophene rings is 1. The van der Waals surface area contributed by atoms with Crippen molar-refractivity contribution in [3.63, 3.8) is 0 Å². The average molecular weight is 470 g/mol. The monoisotopic (exact) mass is 469 g/mol. The van der Waals surface area contributed by atoms with Crippen LogP contribution in [0.2, 0.25) is 0 Å². The number of nitrogens with zero attached hydrogens (tertiary/aromatic N) is 1. The Hall–Kier alpha value is -2.84. The van der Waals surface area contributed by atoms with Gasteiger partial charge in [-0.25, -0.2) is 8.42 Å². The maximum absolute atomic E-state index is 13.5. The van der Waals surface area contributed by atoms with Gasteiger partial charge in [-0.15, -0.1) is 11.3 Å². The molecule has 8 heteroatoms. The lowest BCUT2D eigenvalue weighted by atomic mass is 9.92. The molecule has 3 heterocycles. The minimum Gasteiger partial charge on any atom is -0.493 e. The third-order valence-electron chi connectivity index (χ3n) is 6.28. The van der Waals surface area contributed by atoms with Gasteiger partial charge in [0, 0.05) is 17.0 Å². The Bertz CT molecular complexity index is 1340. The molecule has 0 aliphatic carbocycles. The highest BCUT2D eigenvalue weighted by Crippen LogP contribution is 2.44. The molecule has 2 aromatic carbocycles. The number of sulfone groups is 1. The molecule has 0 saturated heterocycles. The molecular formula is C24H23NO5S2. The summed E-state index contributed by atoms with van der Waals surface area (Å²) in [5, 5.41) is 0. The van der Waals surface area contributed by atoms with E-state index >= 15 is 0 Å².